The maximum Gasteiger partial charge on any atom is 0.160 e. The van der Waals surface area contributed by atoms with Crippen molar-refractivity contribution in [1.82, 2.24) is 24.9 Å². The van der Waals surface area contributed by atoms with Gasteiger partial charge in [-0.15, -0.1) is 0 Å². The van der Waals surface area contributed by atoms with E-state index < -0.39 is 5.41 Å². The maximum absolute atomic E-state index is 5.12. The third-order valence-electron chi connectivity index (χ3n) is 13.3. The number of hydrogen-bond acceptors (Lipinski definition) is 6. The lowest BCUT2D eigenvalue weighted by Crippen LogP contribution is -2.32. The average molecular weight is 886 g/mol. The summed E-state index contributed by atoms with van der Waals surface area (Å²) in [5.74, 6) is 0.704. The van der Waals surface area contributed by atoms with Crippen LogP contribution in [0.3, 0.4) is 0 Å². The summed E-state index contributed by atoms with van der Waals surface area (Å²) >= 11 is 1.86. The van der Waals surface area contributed by atoms with Crippen LogP contribution in [0.2, 0.25) is 0 Å². The van der Waals surface area contributed by atoms with Gasteiger partial charge in [0.1, 0.15) is 0 Å². The lowest BCUT2D eigenvalue weighted by molar-refractivity contribution is 0.723. The SMILES string of the molecule is c1ccc(-c2cc(-c3ccc(-c4ccc5c(c4)C4(c6ccccc6Sc6ccccc64)c4cc(-c6cc(-c7ccccn7)nc(-c7ccccn7)c6)ccc4-5)cc3)nc(-c3ccccc3)n2)cc1. The minimum absolute atomic E-state index is 0.585. The molecule has 0 fully saturated rings. The zero-order chi connectivity index (χ0) is 45.0. The first-order chi connectivity index (χ1) is 33.7. The molecular weight excluding hydrogens is 847 g/mol. The van der Waals surface area contributed by atoms with E-state index in [9.17, 15) is 0 Å². The van der Waals surface area contributed by atoms with E-state index in [0.29, 0.717) is 5.82 Å². The van der Waals surface area contributed by atoms with E-state index in [-0.39, 0.29) is 0 Å². The fourth-order valence-electron chi connectivity index (χ4n) is 10.1. The van der Waals surface area contributed by atoms with Crippen molar-refractivity contribution in [2.45, 2.75) is 15.2 Å². The Balaban J connectivity index is 0.967. The number of fused-ring (bicyclic) bond motifs is 9. The molecular formula is C62H39N5S. The second kappa shape index (κ2) is 16.4. The number of aromatic nitrogens is 5. The molecule has 0 radical (unpaired) electrons. The van der Waals surface area contributed by atoms with Gasteiger partial charge in [0.2, 0.25) is 0 Å². The Labute approximate surface area is 399 Å². The number of pyridine rings is 3. The maximum atomic E-state index is 5.12. The van der Waals surface area contributed by atoms with Gasteiger partial charge >= 0.3 is 0 Å². The molecule has 5 heterocycles. The molecule has 0 unspecified atom stereocenters. The highest BCUT2D eigenvalue weighted by Crippen LogP contribution is 2.63. The van der Waals surface area contributed by atoms with Crippen LogP contribution in [0.4, 0.5) is 0 Å². The van der Waals surface area contributed by atoms with Crippen LogP contribution < -0.4 is 0 Å². The van der Waals surface area contributed by atoms with Gasteiger partial charge in [0, 0.05) is 38.9 Å². The average Bonchev–Trinajstić information content (AvgIpc) is 3.70. The second-order valence-corrected chi connectivity index (χ2v) is 18.3. The third-order valence-corrected chi connectivity index (χ3v) is 14.4. The van der Waals surface area contributed by atoms with Gasteiger partial charge in [-0.25, -0.2) is 15.0 Å². The molecule has 0 amide bonds. The van der Waals surface area contributed by atoms with Crippen LogP contribution in [-0.2, 0) is 5.41 Å². The van der Waals surface area contributed by atoms with Gasteiger partial charge in [-0.1, -0.05) is 169 Å². The summed E-state index contributed by atoms with van der Waals surface area (Å²) in [6, 6.07) is 79.8. The van der Waals surface area contributed by atoms with Crippen LogP contribution in [0.25, 0.3) is 90.1 Å². The van der Waals surface area contributed by atoms with Gasteiger partial charge in [-0.2, -0.15) is 0 Å². The van der Waals surface area contributed by atoms with Crippen LogP contribution in [0, 0.1) is 0 Å². The Morgan fingerprint density at radius 1 is 0.279 bits per heavy atom. The van der Waals surface area contributed by atoms with Crippen molar-refractivity contribution >= 4 is 11.8 Å². The molecule has 5 nitrogen and oxygen atoms in total. The summed E-state index contributed by atoms with van der Waals surface area (Å²) < 4.78 is 0. The normalized spacial score (nSPS) is 12.8. The third kappa shape index (κ3) is 6.68. The van der Waals surface area contributed by atoms with Crippen LogP contribution in [-0.4, -0.2) is 24.9 Å². The molecule has 13 rings (SSSR count). The molecule has 68 heavy (non-hydrogen) atoms. The molecule has 318 valence electrons. The molecule has 0 saturated carbocycles. The summed E-state index contributed by atoms with van der Waals surface area (Å²) in [7, 11) is 0. The van der Waals surface area contributed by atoms with Crippen molar-refractivity contribution in [3.05, 3.63) is 259 Å². The van der Waals surface area contributed by atoms with E-state index in [1.807, 2.05) is 84.8 Å². The molecule has 1 aliphatic heterocycles. The zero-order valence-electron chi connectivity index (χ0n) is 36.7. The molecule has 0 saturated heterocycles. The molecule has 6 heteroatoms. The Hall–Kier alpha value is -8.58. The fourth-order valence-corrected chi connectivity index (χ4v) is 11.3. The first kappa shape index (κ1) is 39.8. The Morgan fingerprint density at radius 3 is 1.28 bits per heavy atom. The summed E-state index contributed by atoms with van der Waals surface area (Å²) in [6.07, 6.45) is 3.64. The van der Waals surface area contributed by atoms with Crippen LogP contribution >= 0.6 is 11.8 Å². The Morgan fingerprint density at radius 2 is 0.735 bits per heavy atom. The fraction of sp³-hybridized carbons (Fsp3) is 0.0161. The first-order valence-electron chi connectivity index (χ1n) is 22.8. The largest absolute Gasteiger partial charge is 0.255 e. The van der Waals surface area contributed by atoms with Crippen LogP contribution in [0.1, 0.15) is 22.3 Å². The molecule has 7 aromatic carbocycles. The van der Waals surface area contributed by atoms with Gasteiger partial charge in [0.15, 0.2) is 5.82 Å². The van der Waals surface area contributed by atoms with Gasteiger partial charge in [0.05, 0.1) is 39.6 Å². The molecule has 1 spiro atoms. The van der Waals surface area contributed by atoms with E-state index >= 15 is 0 Å². The highest BCUT2D eigenvalue weighted by Gasteiger charge is 2.50. The zero-order valence-corrected chi connectivity index (χ0v) is 37.5. The van der Waals surface area contributed by atoms with Crippen molar-refractivity contribution in [2.75, 3.05) is 0 Å². The molecule has 0 bridgehead atoms. The molecule has 0 atom stereocenters. The monoisotopic (exact) mass is 885 g/mol. The molecule has 1 aliphatic carbocycles. The molecule has 0 N–H and O–H groups in total. The molecule has 2 aliphatic rings. The number of rotatable bonds is 7. The molecule has 4 aromatic heterocycles. The van der Waals surface area contributed by atoms with Gasteiger partial charge in [0.25, 0.3) is 0 Å². The highest BCUT2D eigenvalue weighted by atomic mass is 32.2. The van der Waals surface area contributed by atoms with E-state index in [0.717, 1.165) is 73.1 Å². The lowest BCUT2D eigenvalue weighted by Gasteiger charge is -2.40. The van der Waals surface area contributed by atoms with Crippen molar-refractivity contribution < 1.29 is 0 Å². The minimum Gasteiger partial charge on any atom is -0.255 e. The van der Waals surface area contributed by atoms with Crippen molar-refractivity contribution in [1.29, 1.82) is 0 Å². The number of nitrogens with zero attached hydrogens (tertiary/aromatic N) is 5. The van der Waals surface area contributed by atoms with Gasteiger partial charge in [-0.05, 0) is 122 Å². The summed E-state index contributed by atoms with van der Waals surface area (Å²) in [5.41, 5.74) is 19.5. The van der Waals surface area contributed by atoms with Crippen LogP contribution in [0.5, 0.6) is 0 Å². The van der Waals surface area contributed by atoms with Crippen LogP contribution in [0.15, 0.2) is 247 Å². The smallest absolute Gasteiger partial charge is 0.160 e. The van der Waals surface area contributed by atoms with E-state index in [2.05, 4.69) is 164 Å². The predicted molar refractivity (Wildman–Crippen MR) is 275 cm³/mol. The number of hydrogen-bond donors (Lipinski definition) is 0. The second-order valence-electron chi connectivity index (χ2n) is 17.2. The first-order valence-corrected chi connectivity index (χ1v) is 23.6. The lowest BCUT2D eigenvalue weighted by atomic mass is 9.67. The number of benzene rings is 7. The predicted octanol–water partition coefficient (Wildman–Crippen LogP) is 15.2. The molecule has 11 aromatic rings. The minimum atomic E-state index is -0.585. The summed E-state index contributed by atoms with van der Waals surface area (Å²) in [6.45, 7) is 0. The highest BCUT2D eigenvalue weighted by molar-refractivity contribution is 7.99. The summed E-state index contributed by atoms with van der Waals surface area (Å²) in [4.78, 5) is 27.2. The van der Waals surface area contributed by atoms with Crippen molar-refractivity contribution in [2.24, 2.45) is 0 Å². The van der Waals surface area contributed by atoms with E-state index in [1.54, 1.807) is 0 Å². The van der Waals surface area contributed by atoms with Crippen molar-refractivity contribution in [3.63, 3.8) is 0 Å². The van der Waals surface area contributed by atoms with Gasteiger partial charge < -0.3 is 0 Å². The van der Waals surface area contributed by atoms with Gasteiger partial charge in [-0.3, -0.25) is 9.97 Å². The standard InChI is InChI=1S/C62H39N5S/c1-3-15-41(16-4-1)55-39-56(67-61(66-55)43-17-5-2-6-18-43)42-27-25-40(26-28-42)44-29-31-47-48-32-30-45(46-37-57(53-21-11-13-33-63-53)65-58(38-46)54-22-12-14-34-64-54)36-52(48)62(51(47)35-44)49-19-7-9-23-59(49)68-60-24-10-8-20-50(60)62/h1-39H. The summed E-state index contributed by atoms with van der Waals surface area (Å²) in [5, 5.41) is 0. The van der Waals surface area contributed by atoms with E-state index in [4.69, 9.17) is 24.9 Å². The quantitative estimate of drug-likeness (QED) is 0.159. The Kier molecular flexibility index (Phi) is 9.58. The topological polar surface area (TPSA) is 64.5 Å². The van der Waals surface area contributed by atoms with Crippen molar-refractivity contribution in [3.8, 4) is 90.1 Å². The van der Waals surface area contributed by atoms with E-state index in [1.165, 1.54) is 43.2 Å². The Bertz CT molecular complexity index is 3530.